The van der Waals surface area contributed by atoms with Crippen LogP contribution in [0.5, 0.6) is 0 Å². The van der Waals surface area contributed by atoms with E-state index in [1.165, 1.54) is 60.7 Å². The standard InChI is InChI=1S/C19H25N3OS.C6H5F/c1-2-21-8-6-16(7-9-21)22-10-5-14-3-4-15(11-17(14)22)19(23)18-12-20-13-24-18;7-6-4-2-1-3-5-6/h3-4,11-13,16,19,23H,2,5-10H2,1H3;1-5H. The summed E-state index contributed by atoms with van der Waals surface area (Å²) in [5.41, 5.74) is 5.52. The predicted octanol–water partition coefficient (Wildman–Crippen LogP) is 4.90. The largest absolute Gasteiger partial charge is 0.383 e. The summed E-state index contributed by atoms with van der Waals surface area (Å²) in [7, 11) is 0. The molecule has 1 fully saturated rings. The Morgan fingerprint density at radius 2 is 1.90 bits per heavy atom. The number of nitrogens with zero attached hydrogens (tertiary/aromatic N) is 3. The zero-order valence-electron chi connectivity index (χ0n) is 18.0. The summed E-state index contributed by atoms with van der Waals surface area (Å²) < 4.78 is 11.9. The van der Waals surface area contributed by atoms with Gasteiger partial charge in [0, 0.05) is 37.6 Å². The number of rotatable bonds is 4. The van der Waals surface area contributed by atoms with E-state index in [1.54, 1.807) is 29.9 Å². The van der Waals surface area contributed by atoms with E-state index in [9.17, 15) is 9.50 Å². The Bertz CT molecular complexity index is 943. The normalized spacial score (nSPS) is 17.7. The van der Waals surface area contributed by atoms with E-state index in [-0.39, 0.29) is 5.82 Å². The van der Waals surface area contributed by atoms with Gasteiger partial charge in [-0.25, -0.2) is 4.39 Å². The Morgan fingerprint density at radius 3 is 2.52 bits per heavy atom. The van der Waals surface area contributed by atoms with Gasteiger partial charge in [0.15, 0.2) is 0 Å². The maximum absolute atomic E-state index is 11.9. The first-order valence-corrected chi connectivity index (χ1v) is 11.9. The van der Waals surface area contributed by atoms with Crippen LogP contribution in [-0.4, -0.2) is 47.2 Å². The fraction of sp³-hybridized carbons (Fsp3) is 0.400. The minimum absolute atomic E-state index is 0.178. The lowest BCUT2D eigenvalue weighted by molar-refractivity contribution is 0.219. The van der Waals surface area contributed by atoms with Gasteiger partial charge in [-0.2, -0.15) is 0 Å². The highest BCUT2D eigenvalue weighted by Gasteiger charge is 2.29. The van der Waals surface area contributed by atoms with Crippen LogP contribution in [0.25, 0.3) is 0 Å². The lowest BCUT2D eigenvalue weighted by Crippen LogP contribution is -2.44. The second-order valence-electron chi connectivity index (χ2n) is 8.10. The first-order chi connectivity index (χ1) is 15.2. The second kappa shape index (κ2) is 10.4. The zero-order valence-corrected chi connectivity index (χ0v) is 18.8. The number of fused-ring (bicyclic) bond motifs is 1. The molecule has 2 aliphatic heterocycles. The first-order valence-electron chi connectivity index (χ1n) is 11.0. The van der Waals surface area contributed by atoms with Gasteiger partial charge in [-0.05, 0) is 55.1 Å². The van der Waals surface area contributed by atoms with Gasteiger partial charge in [0.05, 0.1) is 10.4 Å². The molecule has 1 aromatic heterocycles. The van der Waals surface area contributed by atoms with Crippen LogP contribution in [-0.2, 0) is 6.42 Å². The van der Waals surface area contributed by atoms with E-state index in [2.05, 4.69) is 39.9 Å². The van der Waals surface area contributed by atoms with Gasteiger partial charge < -0.3 is 14.9 Å². The summed E-state index contributed by atoms with van der Waals surface area (Å²) in [4.78, 5) is 10.1. The highest BCUT2D eigenvalue weighted by atomic mass is 32.1. The van der Waals surface area contributed by atoms with Crippen molar-refractivity contribution < 1.29 is 9.50 Å². The lowest BCUT2D eigenvalue weighted by atomic mass is 10.0. The third kappa shape index (κ3) is 5.32. The molecule has 4 nitrogen and oxygen atoms in total. The van der Waals surface area contributed by atoms with E-state index in [1.807, 2.05) is 0 Å². The molecule has 2 aliphatic rings. The SMILES string of the molecule is CCN1CCC(N2CCc3ccc(C(O)c4cncs4)cc32)CC1.Fc1ccccc1. The number of benzene rings is 2. The second-order valence-corrected chi connectivity index (χ2v) is 9.02. The van der Waals surface area contributed by atoms with Crippen molar-refractivity contribution in [1.82, 2.24) is 9.88 Å². The van der Waals surface area contributed by atoms with E-state index in [0.717, 1.165) is 30.0 Å². The van der Waals surface area contributed by atoms with Gasteiger partial charge in [0.1, 0.15) is 11.9 Å². The number of thiazole rings is 1. The molecule has 164 valence electrons. The molecule has 2 aromatic carbocycles. The smallest absolute Gasteiger partial charge is 0.123 e. The van der Waals surface area contributed by atoms with Crippen LogP contribution in [0.15, 0.2) is 60.2 Å². The molecular weight excluding hydrogens is 409 g/mol. The molecule has 6 heteroatoms. The Morgan fingerprint density at radius 1 is 1.13 bits per heavy atom. The Hall–Kier alpha value is -2.28. The molecule has 0 amide bonds. The van der Waals surface area contributed by atoms with E-state index >= 15 is 0 Å². The molecule has 0 radical (unpaired) electrons. The number of likely N-dealkylation sites (tertiary alicyclic amines) is 1. The van der Waals surface area contributed by atoms with Crippen molar-refractivity contribution in [3.05, 3.63) is 82.1 Å². The van der Waals surface area contributed by atoms with Gasteiger partial charge in [-0.3, -0.25) is 4.98 Å². The van der Waals surface area contributed by atoms with Crippen LogP contribution in [0.2, 0.25) is 0 Å². The number of piperidine rings is 1. The summed E-state index contributed by atoms with van der Waals surface area (Å²) in [6.07, 6.45) is 4.82. The Balaban J connectivity index is 0.000000282. The van der Waals surface area contributed by atoms with Crippen LogP contribution in [0.3, 0.4) is 0 Å². The van der Waals surface area contributed by atoms with Crippen molar-refractivity contribution in [2.24, 2.45) is 0 Å². The third-order valence-corrected chi connectivity index (χ3v) is 7.08. The van der Waals surface area contributed by atoms with Crippen LogP contribution in [0, 0.1) is 5.82 Å². The fourth-order valence-electron chi connectivity index (χ4n) is 4.46. The molecule has 1 unspecified atom stereocenters. The number of aliphatic hydroxyl groups excluding tert-OH is 1. The highest BCUT2D eigenvalue weighted by Crippen LogP contribution is 2.36. The van der Waals surface area contributed by atoms with Gasteiger partial charge in [0.25, 0.3) is 0 Å². The Labute approximate surface area is 188 Å². The molecule has 0 bridgehead atoms. The summed E-state index contributed by atoms with van der Waals surface area (Å²) in [6.45, 7) is 6.94. The van der Waals surface area contributed by atoms with Crippen LogP contribution in [0.1, 0.15) is 41.9 Å². The highest BCUT2D eigenvalue weighted by molar-refractivity contribution is 7.09. The summed E-state index contributed by atoms with van der Waals surface area (Å²) in [5.74, 6) is -0.178. The van der Waals surface area contributed by atoms with Gasteiger partial charge in [-0.15, -0.1) is 11.3 Å². The fourth-order valence-corrected chi connectivity index (χ4v) is 5.09. The number of hydrogen-bond donors (Lipinski definition) is 1. The lowest BCUT2D eigenvalue weighted by Gasteiger charge is -2.37. The summed E-state index contributed by atoms with van der Waals surface area (Å²) in [6, 6.07) is 15.1. The minimum atomic E-state index is -0.563. The molecule has 0 saturated carbocycles. The van der Waals surface area contributed by atoms with Gasteiger partial charge >= 0.3 is 0 Å². The van der Waals surface area contributed by atoms with Crippen LogP contribution < -0.4 is 4.90 Å². The number of hydrogen-bond acceptors (Lipinski definition) is 5. The average molecular weight is 440 g/mol. The topological polar surface area (TPSA) is 39.6 Å². The van der Waals surface area contributed by atoms with Crippen molar-refractivity contribution in [2.75, 3.05) is 31.1 Å². The van der Waals surface area contributed by atoms with Crippen molar-refractivity contribution in [3.63, 3.8) is 0 Å². The molecule has 31 heavy (non-hydrogen) atoms. The van der Waals surface area contributed by atoms with Gasteiger partial charge in [-0.1, -0.05) is 37.3 Å². The molecule has 0 aliphatic carbocycles. The molecule has 3 heterocycles. The van der Waals surface area contributed by atoms with Crippen LogP contribution >= 0.6 is 11.3 Å². The average Bonchev–Trinajstić information content (AvgIpc) is 3.49. The van der Waals surface area contributed by atoms with Gasteiger partial charge in [0.2, 0.25) is 0 Å². The van der Waals surface area contributed by atoms with E-state index < -0.39 is 6.10 Å². The molecule has 5 rings (SSSR count). The minimum Gasteiger partial charge on any atom is -0.383 e. The van der Waals surface area contributed by atoms with Crippen molar-refractivity contribution in [2.45, 2.75) is 38.3 Å². The third-order valence-electron chi connectivity index (χ3n) is 6.26. The molecule has 1 atom stereocenters. The van der Waals surface area contributed by atoms with Crippen molar-refractivity contribution in [1.29, 1.82) is 0 Å². The number of aromatic nitrogens is 1. The van der Waals surface area contributed by atoms with Crippen molar-refractivity contribution in [3.8, 4) is 0 Å². The predicted molar refractivity (Wildman–Crippen MR) is 125 cm³/mol. The summed E-state index contributed by atoms with van der Waals surface area (Å²) in [5, 5.41) is 10.6. The van der Waals surface area contributed by atoms with Crippen LogP contribution in [0.4, 0.5) is 10.1 Å². The first kappa shape index (κ1) is 21.9. The van der Waals surface area contributed by atoms with E-state index in [4.69, 9.17) is 0 Å². The zero-order chi connectivity index (χ0) is 21.6. The number of halogens is 1. The maximum Gasteiger partial charge on any atom is 0.123 e. The molecule has 0 spiro atoms. The van der Waals surface area contributed by atoms with Crippen molar-refractivity contribution >= 4 is 17.0 Å². The maximum atomic E-state index is 11.9. The quantitative estimate of drug-likeness (QED) is 0.628. The summed E-state index contributed by atoms with van der Waals surface area (Å²) >= 11 is 1.51. The monoisotopic (exact) mass is 439 g/mol. The number of aliphatic hydroxyl groups is 1. The number of anilines is 1. The van der Waals surface area contributed by atoms with E-state index in [0.29, 0.717) is 6.04 Å². The molecular formula is C25H30FN3OS. The molecule has 1 N–H and O–H groups in total. The Kier molecular flexibility index (Phi) is 7.33. The molecule has 1 saturated heterocycles. The molecule has 3 aromatic rings.